The van der Waals surface area contributed by atoms with Gasteiger partial charge in [-0.2, -0.15) is 0 Å². The molecule has 0 bridgehead atoms. The summed E-state index contributed by atoms with van der Waals surface area (Å²) in [6.45, 7) is 7.06. The molecule has 2 rings (SSSR count). The van der Waals surface area contributed by atoms with Crippen LogP contribution in [-0.4, -0.2) is 18.8 Å². The molecule has 112 valence electrons. The molecule has 1 aliphatic carbocycles. The van der Waals surface area contributed by atoms with E-state index in [0.29, 0.717) is 22.3 Å². The maximum Gasteiger partial charge on any atom is 0.126 e. The lowest BCUT2D eigenvalue weighted by Gasteiger charge is -2.54. The number of hydrogen-bond acceptors (Lipinski definition) is 2. The van der Waals surface area contributed by atoms with E-state index in [0.717, 1.165) is 12.8 Å². The summed E-state index contributed by atoms with van der Waals surface area (Å²) in [4.78, 5) is 0. The number of anilines is 1. The average Bonchev–Trinajstić information content (AvgIpc) is 2.39. The smallest absolute Gasteiger partial charge is 0.126 e. The molecule has 0 heterocycles. The van der Waals surface area contributed by atoms with Crippen molar-refractivity contribution in [2.24, 2.45) is 5.41 Å². The Bertz CT molecular complexity index is 474. The van der Waals surface area contributed by atoms with E-state index in [4.69, 9.17) is 27.9 Å². The predicted molar refractivity (Wildman–Crippen MR) is 82.3 cm³/mol. The van der Waals surface area contributed by atoms with Gasteiger partial charge in [-0.1, -0.05) is 37.0 Å². The first-order valence-corrected chi connectivity index (χ1v) is 7.70. The first kappa shape index (κ1) is 15.9. The molecule has 1 N–H and O–H groups in total. The number of rotatable bonds is 5. The van der Waals surface area contributed by atoms with E-state index in [1.54, 1.807) is 0 Å². The number of nitrogens with one attached hydrogen (secondary N) is 1. The molecule has 0 aromatic heterocycles. The lowest BCUT2D eigenvalue weighted by Crippen LogP contribution is -2.59. The monoisotopic (exact) mass is 319 g/mol. The first-order valence-electron chi connectivity index (χ1n) is 6.95. The Morgan fingerprint density at radius 2 is 1.95 bits per heavy atom. The van der Waals surface area contributed by atoms with Gasteiger partial charge < -0.3 is 10.1 Å². The standard InChI is InChI=1S/C15H20Cl2FNO/c1-4-15(3)12(8-13(15)20-5-2)19-14-10(16)6-9(18)7-11(14)17/h6-7,12-13,19H,4-5,8H2,1-3H3. The molecule has 0 amide bonds. The van der Waals surface area contributed by atoms with Crippen LogP contribution in [0.1, 0.15) is 33.6 Å². The molecule has 1 aromatic rings. The third kappa shape index (κ3) is 2.76. The van der Waals surface area contributed by atoms with E-state index in [1.165, 1.54) is 12.1 Å². The molecule has 0 aliphatic heterocycles. The maximum absolute atomic E-state index is 13.2. The quantitative estimate of drug-likeness (QED) is 0.811. The Morgan fingerprint density at radius 3 is 2.45 bits per heavy atom. The zero-order chi connectivity index (χ0) is 14.9. The third-order valence-electron chi connectivity index (χ3n) is 4.44. The molecule has 1 aliphatic rings. The third-order valence-corrected chi connectivity index (χ3v) is 5.03. The van der Waals surface area contributed by atoms with Crippen molar-refractivity contribution >= 4 is 28.9 Å². The highest BCUT2D eigenvalue weighted by Gasteiger charge is 2.51. The second-order valence-electron chi connectivity index (χ2n) is 5.48. The van der Waals surface area contributed by atoms with Crippen molar-refractivity contribution < 1.29 is 9.13 Å². The Kier molecular flexibility index (Phi) is 4.83. The molecule has 20 heavy (non-hydrogen) atoms. The second kappa shape index (κ2) is 6.08. The van der Waals surface area contributed by atoms with Crippen LogP contribution >= 0.6 is 23.2 Å². The maximum atomic E-state index is 13.2. The van der Waals surface area contributed by atoms with Crippen LogP contribution in [0.2, 0.25) is 10.0 Å². The largest absolute Gasteiger partial charge is 0.379 e. The fourth-order valence-corrected chi connectivity index (χ4v) is 3.40. The lowest BCUT2D eigenvalue weighted by molar-refractivity contribution is -0.109. The molecule has 1 fully saturated rings. The van der Waals surface area contributed by atoms with Gasteiger partial charge in [-0.3, -0.25) is 0 Å². The minimum atomic E-state index is -0.426. The van der Waals surface area contributed by atoms with Gasteiger partial charge in [0.15, 0.2) is 0 Å². The Hall–Kier alpha value is -0.510. The van der Waals surface area contributed by atoms with Gasteiger partial charge in [-0.15, -0.1) is 0 Å². The first-order chi connectivity index (χ1) is 9.42. The molecule has 0 saturated heterocycles. The van der Waals surface area contributed by atoms with Gasteiger partial charge in [0.05, 0.1) is 21.8 Å². The summed E-state index contributed by atoms with van der Waals surface area (Å²) in [5.74, 6) is -0.426. The fraction of sp³-hybridized carbons (Fsp3) is 0.600. The van der Waals surface area contributed by atoms with Crippen LogP contribution in [0.25, 0.3) is 0 Å². The zero-order valence-corrected chi connectivity index (χ0v) is 13.5. The summed E-state index contributed by atoms with van der Waals surface area (Å²) in [6, 6.07) is 2.78. The lowest BCUT2D eigenvalue weighted by atomic mass is 9.61. The van der Waals surface area contributed by atoms with E-state index in [1.807, 2.05) is 6.92 Å². The number of hydrogen-bond donors (Lipinski definition) is 1. The minimum Gasteiger partial charge on any atom is -0.379 e. The normalized spacial score (nSPS) is 29.1. The van der Waals surface area contributed by atoms with Gasteiger partial charge in [-0.25, -0.2) is 4.39 Å². The van der Waals surface area contributed by atoms with Crippen LogP contribution < -0.4 is 5.32 Å². The van der Waals surface area contributed by atoms with Crippen molar-refractivity contribution in [3.05, 3.63) is 28.0 Å². The summed E-state index contributed by atoms with van der Waals surface area (Å²) < 4.78 is 19.0. The van der Waals surface area contributed by atoms with Crippen molar-refractivity contribution in [3.8, 4) is 0 Å². The van der Waals surface area contributed by atoms with Gasteiger partial charge in [0.25, 0.3) is 0 Å². The minimum absolute atomic E-state index is 0.0387. The summed E-state index contributed by atoms with van der Waals surface area (Å²) in [5, 5.41) is 3.99. The number of halogens is 3. The molecular weight excluding hydrogens is 300 g/mol. The molecule has 3 atom stereocenters. The molecule has 1 aromatic carbocycles. The molecule has 2 nitrogen and oxygen atoms in total. The molecule has 0 radical (unpaired) electrons. The van der Waals surface area contributed by atoms with Crippen molar-refractivity contribution in [1.82, 2.24) is 0 Å². The highest BCUT2D eigenvalue weighted by Crippen LogP contribution is 2.48. The predicted octanol–water partition coefficient (Wildman–Crippen LogP) is 5.14. The Balaban J connectivity index is 2.16. The highest BCUT2D eigenvalue weighted by molar-refractivity contribution is 6.39. The van der Waals surface area contributed by atoms with Crippen molar-refractivity contribution in [3.63, 3.8) is 0 Å². The summed E-state index contributed by atoms with van der Waals surface area (Å²) in [6.07, 6.45) is 2.14. The molecule has 0 spiro atoms. The summed E-state index contributed by atoms with van der Waals surface area (Å²) >= 11 is 12.2. The molecule has 5 heteroatoms. The molecule has 3 unspecified atom stereocenters. The molecular formula is C15H20Cl2FNO. The van der Waals surface area contributed by atoms with Crippen LogP contribution in [0.15, 0.2) is 12.1 Å². The fourth-order valence-electron chi connectivity index (χ4n) is 2.83. The summed E-state index contributed by atoms with van der Waals surface area (Å²) in [5.41, 5.74) is 0.645. The Morgan fingerprint density at radius 1 is 1.35 bits per heavy atom. The SMILES string of the molecule is CCOC1CC(Nc2c(Cl)cc(F)cc2Cl)C1(C)CC. The van der Waals surface area contributed by atoms with Crippen LogP contribution in [0, 0.1) is 11.2 Å². The van der Waals surface area contributed by atoms with Crippen molar-refractivity contribution in [2.45, 2.75) is 45.8 Å². The summed E-state index contributed by atoms with van der Waals surface area (Å²) in [7, 11) is 0. The van der Waals surface area contributed by atoms with Crippen LogP contribution in [-0.2, 0) is 4.74 Å². The van der Waals surface area contributed by atoms with Gasteiger partial charge in [-0.05, 0) is 31.9 Å². The number of ether oxygens (including phenoxy) is 1. The number of benzene rings is 1. The van der Waals surface area contributed by atoms with E-state index >= 15 is 0 Å². The van der Waals surface area contributed by atoms with E-state index in [2.05, 4.69) is 19.2 Å². The highest BCUT2D eigenvalue weighted by atomic mass is 35.5. The second-order valence-corrected chi connectivity index (χ2v) is 6.29. The van der Waals surface area contributed by atoms with Gasteiger partial charge in [0.2, 0.25) is 0 Å². The van der Waals surface area contributed by atoms with Crippen molar-refractivity contribution in [2.75, 3.05) is 11.9 Å². The Labute approximate surface area is 129 Å². The van der Waals surface area contributed by atoms with E-state index < -0.39 is 5.82 Å². The van der Waals surface area contributed by atoms with Gasteiger partial charge >= 0.3 is 0 Å². The van der Waals surface area contributed by atoms with Gasteiger partial charge in [0.1, 0.15) is 5.82 Å². The van der Waals surface area contributed by atoms with Crippen LogP contribution in [0.4, 0.5) is 10.1 Å². The van der Waals surface area contributed by atoms with Gasteiger partial charge in [0, 0.05) is 18.1 Å². The zero-order valence-electron chi connectivity index (χ0n) is 12.0. The van der Waals surface area contributed by atoms with Crippen molar-refractivity contribution in [1.29, 1.82) is 0 Å². The van der Waals surface area contributed by atoms with E-state index in [-0.39, 0.29) is 17.6 Å². The molecule has 1 saturated carbocycles. The van der Waals surface area contributed by atoms with E-state index in [9.17, 15) is 4.39 Å². The van der Waals surface area contributed by atoms with Crippen LogP contribution in [0.3, 0.4) is 0 Å². The average molecular weight is 320 g/mol. The van der Waals surface area contributed by atoms with Crippen LogP contribution in [0.5, 0.6) is 0 Å². The topological polar surface area (TPSA) is 21.3 Å².